The number of hydrogen-bond donors (Lipinski definition) is 2. The second-order valence-corrected chi connectivity index (χ2v) is 7.93. The fraction of sp³-hybridized carbons (Fsp3) is 0.526. The summed E-state index contributed by atoms with van der Waals surface area (Å²) >= 11 is 0. The van der Waals surface area contributed by atoms with Gasteiger partial charge in [-0.2, -0.15) is 4.98 Å². The molecule has 1 aliphatic heterocycles. The zero-order chi connectivity index (χ0) is 24.6. The summed E-state index contributed by atoms with van der Waals surface area (Å²) in [4.78, 5) is 22.8. The van der Waals surface area contributed by atoms with Crippen LogP contribution < -0.4 is 25.4 Å². The maximum absolute atomic E-state index is 12.0. The first-order valence-corrected chi connectivity index (χ1v) is 11.3. The number of methoxy groups -OCH3 is 2. The monoisotopic (exact) mass is 485 g/mol. The number of amides is 1. The van der Waals surface area contributed by atoms with Gasteiger partial charge in [-0.05, 0) is 25.3 Å². The van der Waals surface area contributed by atoms with E-state index < -0.39 is 10.4 Å². The molecule has 1 atom stereocenters. The largest absolute Gasteiger partial charge is 0.759 e. The molecule has 3 rings (SSSR count). The third-order valence-corrected chi connectivity index (χ3v) is 4.75. The first kappa shape index (κ1) is 26.3. The van der Waals surface area contributed by atoms with Crippen molar-refractivity contribution in [1.29, 1.82) is 0 Å². The molecule has 1 fully saturated rings. The molecule has 0 bridgehead atoms. The van der Waals surface area contributed by atoms with Crippen molar-refractivity contribution in [2.24, 2.45) is 0 Å². The van der Waals surface area contributed by atoms with Crippen molar-refractivity contribution in [3.05, 3.63) is 12.1 Å². The minimum atomic E-state index is -5.17. The molecule has 0 aliphatic carbocycles. The van der Waals surface area contributed by atoms with Crippen molar-refractivity contribution in [3.63, 3.8) is 0 Å². The molecule has 2 heterocycles. The van der Waals surface area contributed by atoms with E-state index in [9.17, 15) is 4.79 Å². The number of hydrogen-bond acceptors (Lipinski definition) is 12. The summed E-state index contributed by atoms with van der Waals surface area (Å²) < 4.78 is 50.1. The number of nitrogen functional groups attached to an aromatic ring is 1. The van der Waals surface area contributed by atoms with Gasteiger partial charge in [0.2, 0.25) is 11.9 Å². The van der Waals surface area contributed by atoms with Gasteiger partial charge in [0.25, 0.3) is 0 Å². The topological polar surface area (TPSA) is 192 Å². The number of rotatable bonds is 8. The smallest absolute Gasteiger partial charge is 0.249 e. The third-order valence-electron chi connectivity index (χ3n) is 4.75. The van der Waals surface area contributed by atoms with Crippen LogP contribution in [0.5, 0.6) is 11.5 Å². The number of benzene rings is 1. The van der Waals surface area contributed by atoms with E-state index in [4.69, 9.17) is 37.5 Å². The average Bonchev–Trinajstić information content (AvgIpc) is 3.29. The lowest BCUT2D eigenvalue weighted by Crippen LogP contribution is -2.36. The highest BCUT2D eigenvalue weighted by Gasteiger charge is 2.22. The molecule has 1 aromatic carbocycles. The van der Waals surface area contributed by atoms with Gasteiger partial charge in [0.15, 0.2) is 11.5 Å². The normalized spacial score (nSPS) is 15.5. The standard InChI is InChI=1S/C19H27N5O4.H2O4S/c1-24(8-5-7-21-18(25)14-6-4-9-28-14)19-22-13-11-16(27-3)15(26-2)10-12(13)17(20)23-19;1-5(2,3)4/h10-11,14H,4-9H2,1-3H3,(H,21,25)(H2,20,22,23);(H2,1,2,3,4)/p-2. The number of nitrogens with one attached hydrogen (secondary N) is 1. The van der Waals surface area contributed by atoms with Gasteiger partial charge in [0, 0.05) is 48.6 Å². The van der Waals surface area contributed by atoms with Crippen LogP contribution in [-0.4, -0.2) is 80.5 Å². The summed E-state index contributed by atoms with van der Waals surface area (Å²) in [5.74, 6) is 2.02. The zero-order valence-corrected chi connectivity index (χ0v) is 19.4. The summed E-state index contributed by atoms with van der Waals surface area (Å²) in [6, 6.07) is 3.55. The van der Waals surface area contributed by atoms with Crippen molar-refractivity contribution in [2.45, 2.75) is 25.4 Å². The van der Waals surface area contributed by atoms with Crippen LogP contribution in [0.3, 0.4) is 0 Å². The highest BCUT2D eigenvalue weighted by atomic mass is 32.3. The van der Waals surface area contributed by atoms with Crippen molar-refractivity contribution in [3.8, 4) is 11.5 Å². The molecule has 1 aliphatic rings. The van der Waals surface area contributed by atoms with Crippen molar-refractivity contribution in [2.75, 3.05) is 51.6 Å². The summed E-state index contributed by atoms with van der Waals surface area (Å²) in [5.41, 5.74) is 6.81. The molecule has 13 nitrogen and oxygen atoms in total. The Labute approximate surface area is 191 Å². The molecular formula is C19H27N5O8S-2. The number of carbonyl (C=O) groups excluding carboxylic acids is 1. The number of aromatic nitrogens is 2. The minimum absolute atomic E-state index is 0.0348. The molecule has 1 aromatic heterocycles. The van der Waals surface area contributed by atoms with Crippen molar-refractivity contribution >= 4 is 39.0 Å². The maximum Gasteiger partial charge on any atom is 0.249 e. The van der Waals surface area contributed by atoms with Crippen LogP contribution in [0.15, 0.2) is 12.1 Å². The molecule has 33 heavy (non-hydrogen) atoms. The van der Waals surface area contributed by atoms with Crippen LogP contribution >= 0.6 is 0 Å². The Morgan fingerprint density at radius 3 is 2.48 bits per heavy atom. The minimum Gasteiger partial charge on any atom is -0.759 e. The van der Waals surface area contributed by atoms with Crippen LogP contribution in [0.1, 0.15) is 19.3 Å². The van der Waals surface area contributed by atoms with Gasteiger partial charge in [-0.1, -0.05) is 0 Å². The zero-order valence-electron chi connectivity index (χ0n) is 18.6. The van der Waals surface area contributed by atoms with Crippen LogP contribution in [0.25, 0.3) is 10.9 Å². The molecule has 1 saturated heterocycles. The van der Waals surface area contributed by atoms with Gasteiger partial charge >= 0.3 is 0 Å². The SMILES string of the molecule is COc1cc2nc(N(C)CCCNC(=O)C3CCCO3)nc(N)c2cc1OC.O=S(=O)([O-])[O-]. The van der Waals surface area contributed by atoms with E-state index in [0.29, 0.717) is 53.9 Å². The van der Waals surface area contributed by atoms with Crippen LogP contribution in [0, 0.1) is 0 Å². The van der Waals surface area contributed by atoms with Crippen molar-refractivity contribution in [1.82, 2.24) is 15.3 Å². The lowest BCUT2D eigenvalue weighted by molar-refractivity contribution is -0.130. The van der Waals surface area contributed by atoms with Gasteiger partial charge in [0.1, 0.15) is 11.9 Å². The molecule has 2 aromatic rings. The molecule has 0 spiro atoms. The first-order chi connectivity index (χ1) is 15.5. The van der Waals surface area contributed by atoms with Gasteiger partial charge < -0.3 is 39.3 Å². The van der Waals surface area contributed by atoms with E-state index in [2.05, 4.69) is 15.3 Å². The predicted octanol–water partition coefficient (Wildman–Crippen LogP) is 0.0127. The molecule has 1 amide bonds. The number of fused-ring (bicyclic) bond motifs is 1. The van der Waals surface area contributed by atoms with E-state index in [1.54, 1.807) is 26.4 Å². The number of nitrogens with zero attached hydrogens (tertiary/aromatic N) is 3. The number of ether oxygens (including phenoxy) is 3. The van der Waals surface area contributed by atoms with Crippen LogP contribution in [-0.2, 0) is 19.9 Å². The molecule has 3 N–H and O–H groups in total. The van der Waals surface area contributed by atoms with E-state index in [0.717, 1.165) is 19.3 Å². The second-order valence-electron chi connectivity index (χ2n) is 7.11. The van der Waals surface area contributed by atoms with E-state index >= 15 is 0 Å². The Morgan fingerprint density at radius 2 is 1.91 bits per heavy atom. The Hall–Kier alpha value is -2.94. The maximum atomic E-state index is 12.0. The molecule has 1 unspecified atom stereocenters. The Balaban J connectivity index is 0.000000696. The number of anilines is 2. The first-order valence-electron chi connectivity index (χ1n) is 10.00. The predicted molar refractivity (Wildman–Crippen MR) is 117 cm³/mol. The Bertz CT molecular complexity index is 1050. The highest BCUT2D eigenvalue weighted by Crippen LogP contribution is 2.33. The molecule has 14 heteroatoms. The average molecular weight is 486 g/mol. The third kappa shape index (κ3) is 8.16. The lowest BCUT2D eigenvalue weighted by atomic mass is 10.2. The van der Waals surface area contributed by atoms with Gasteiger partial charge in [-0.15, -0.1) is 0 Å². The Morgan fingerprint density at radius 1 is 1.27 bits per heavy atom. The lowest BCUT2D eigenvalue weighted by Gasteiger charge is -2.19. The van der Waals surface area contributed by atoms with Crippen molar-refractivity contribution < 1.29 is 36.5 Å². The quantitative estimate of drug-likeness (QED) is 0.289. The van der Waals surface area contributed by atoms with Crippen LogP contribution in [0.4, 0.5) is 11.8 Å². The van der Waals surface area contributed by atoms with E-state index in [-0.39, 0.29) is 12.0 Å². The summed E-state index contributed by atoms with van der Waals surface area (Å²) in [7, 11) is -0.129. The van der Waals surface area contributed by atoms with Gasteiger partial charge in [-0.25, -0.2) is 4.98 Å². The summed E-state index contributed by atoms with van der Waals surface area (Å²) in [6.07, 6.45) is 2.19. The molecular weight excluding hydrogens is 458 g/mol. The summed E-state index contributed by atoms with van der Waals surface area (Å²) in [6.45, 7) is 1.90. The fourth-order valence-electron chi connectivity index (χ4n) is 3.16. The van der Waals surface area contributed by atoms with E-state index in [1.807, 2.05) is 11.9 Å². The summed E-state index contributed by atoms with van der Waals surface area (Å²) in [5, 5.41) is 3.62. The Kier molecular flexibility index (Phi) is 9.40. The molecule has 184 valence electrons. The van der Waals surface area contributed by atoms with Gasteiger partial charge in [-0.3, -0.25) is 13.2 Å². The van der Waals surface area contributed by atoms with E-state index in [1.165, 1.54) is 0 Å². The molecule has 0 saturated carbocycles. The van der Waals surface area contributed by atoms with Crippen LogP contribution in [0.2, 0.25) is 0 Å². The van der Waals surface area contributed by atoms with Gasteiger partial charge in [0.05, 0.1) is 19.7 Å². The second kappa shape index (κ2) is 11.8. The number of carbonyl (C=O) groups is 1. The fourth-order valence-corrected chi connectivity index (χ4v) is 3.16. The molecule has 0 radical (unpaired) electrons. The number of nitrogens with two attached hydrogens (primary N) is 1. The highest BCUT2D eigenvalue weighted by molar-refractivity contribution is 7.79.